The van der Waals surface area contributed by atoms with Gasteiger partial charge in [-0.15, -0.1) is 0 Å². The Balaban J connectivity index is 1.79. The predicted molar refractivity (Wildman–Crippen MR) is 67.3 cm³/mol. The Hall–Kier alpha value is -0.570. The third kappa shape index (κ3) is 1.86. The van der Waals surface area contributed by atoms with Gasteiger partial charge in [-0.1, -0.05) is 6.42 Å². The van der Waals surface area contributed by atoms with Crippen molar-refractivity contribution in [3.63, 3.8) is 0 Å². The molecule has 0 saturated heterocycles. The van der Waals surface area contributed by atoms with E-state index in [4.69, 9.17) is 0 Å². The van der Waals surface area contributed by atoms with Crippen molar-refractivity contribution in [3.05, 3.63) is 33.2 Å². The molecule has 2 aliphatic carbocycles. The molecule has 2 aliphatic rings. The molecule has 1 aromatic heterocycles. The van der Waals surface area contributed by atoms with Gasteiger partial charge in [0.1, 0.15) is 0 Å². The number of rotatable bonds is 2. The fourth-order valence-corrected chi connectivity index (χ4v) is 3.88. The molecule has 3 unspecified atom stereocenters. The maximum absolute atomic E-state index is 11.7. The second kappa shape index (κ2) is 4.02. The third-order valence-corrected chi connectivity index (χ3v) is 4.73. The summed E-state index contributed by atoms with van der Waals surface area (Å²) in [6.45, 7) is 0.916. The van der Waals surface area contributed by atoms with Crippen molar-refractivity contribution in [2.24, 2.45) is 17.8 Å². The molecule has 0 spiro atoms. The van der Waals surface area contributed by atoms with Crippen LogP contribution in [-0.4, -0.2) is 4.57 Å². The van der Waals surface area contributed by atoms with Crippen LogP contribution in [-0.2, 0) is 6.54 Å². The lowest BCUT2D eigenvalue weighted by Gasteiger charge is -2.22. The Morgan fingerprint density at radius 2 is 2.19 bits per heavy atom. The topological polar surface area (TPSA) is 22.0 Å². The molecule has 3 atom stereocenters. The zero-order chi connectivity index (χ0) is 11.1. The normalized spacial score (nSPS) is 32.2. The molecule has 2 fully saturated rings. The molecule has 1 aromatic rings. The van der Waals surface area contributed by atoms with E-state index in [0.29, 0.717) is 0 Å². The molecule has 2 nitrogen and oxygen atoms in total. The molecular formula is C13H16BrNO. The second-order valence-electron chi connectivity index (χ2n) is 5.27. The standard InChI is InChI=1S/C13H16BrNO/c14-12-3-4-13(16)15(8-12)7-11-6-9-1-2-10(11)5-9/h3-4,8-11H,1-2,5-7H2. The molecule has 2 saturated carbocycles. The first-order chi connectivity index (χ1) is 7.72. The number of fused-ring (bicyclic) bond motifs is 2. The zero-order valence-electron chi connectivity index (χ0n) is 9.23. The van der Waals surface area contributed by atoms with Gasteiger partial charge in [0.2, 0.25) is 0 Å². The zero-order valence-corrected chi connectivity index (χ0v) is 10.8. The van der Waals surface area contributed by atoms with E-state index in [1.165, 1.54) is 25.7 Å². The average Bonchev–Trinajstić information content (AvgIpc) is 2.85. The molecule has 0 amide bonds. The number of hydrogen-bond acceptors (Lipinski definition) is 1. The number of halogens is 1. The molecular weight excluding hydrogens is 266 g/mol. The van der Waals surface area contributed by atoms with Crippen molar-refractivity contribution >= 4 is 15.9 Å². The Labute approximate surface area is 104 Å². The molecule has 0 radical (unpaired) electrons. The van der Waals surface area contributed by atoms with Crippen molar-refractivity contribution < 1.29 is 0 Å². The van der Waals surface area contributed by atoms with E-state index in [1.807, 2.05) is 16.8 Å². The van der Waals surface area contributed by atoms with Crippen LogP contribution < -0.4 is 5.56 Å². The van der Waals surface area contributed by atoms with Gasteiger partial charge in [-0.05, 0) is 59.0 Å². The molecule has 0 N–H and O–H groups in total. The molecule has 3 rings (SSSR count). The summed E-state index contributed by atoms with van der Waals surface area (Å²) in [5.74, 6) is 2.58. The number of hydrogen-bond donors (Lipinski definition) is 0. The summed E-state index contributed by atoms with van der Waals surface area (Å²) < 4.78 is 2.87. The van der Waals surface area contributed by atoms with Crippen molar-refractivity contribution in [1.82, 2.24) is 4.57 Å². The first kappa shape index (κ1) is 10.6. The van der Waals surface area contributed by atoms with Crippen LogP contribution in [0.3, 0.4) is 0 Å². The van der Waals surface area contributed by atoms with Gasteiger partial charge in [0.05, 0.1) is 0 Å². The van der Waals surface area contributed by atoms with Gasteiger partial charge in [-0.3, -0.25) is 4.79 Å². The van der Waals surface area contributed by atoms with E-state index in [-0.39, 0.29) is 5.56 Å². The van der Waals surface area contributed by atoms with Crippen molar-refractivity contribution in [3.8, 4) is 0 Å². The fourth-order valence-electron chi connectivity index (χ4n) is 3.50. The maximum atomic E-state index is 11.7. The largest absolute Gasteiger partial charge is 0.314 e. The minimum absolute atomic E-state index is 0.131. The predicted octanol–water partition coefficient (Wildman–Crippen LogP) is 3.05. The van der Waals surface area contributed by atoms with Gasteiger partial charge >= 0.3 is 0 Å². The molecule has 1 heterocycles. The Kier molecular flexibility index (Phi) is 2.66. The summed E-state index contributed by atoms with van der Waals surface area (Å²) in [6, 6.07) is 3.47. The first-order valence-electron chi connectivity index (χ1n) is 6.08. The third-order valence-electron chi connectivity index (χ3n) is 4.26. The van der Waals surface area contributed by atoms with Gasteiger partial charge in [0, 0.05) is 23.3 Å². The van der Waals surface area contributed by atoms with Crippen LogP contribution in [0, 0.1) is 17.8 Å². The minimum atomic E-state index is 0.131. The Bertz CT molecular complexity index is 453. The van der Waals surface area contributed by atoms with Crippen LogP contribution >= 0.6 is 15.9 Å². The lowest BCUT2D eigenvalue weighted by Crippen LogP contribution is -2.25. The van der Waals surface area contributed by atoms with Crippen LogP contribution in [0.25, 0.3) is 0 Å². The summed E-state index contributed by atoms with van der Waals surface area (Å²) in [5, 5.41) is 0. The van der Waals surface area contributed by atoms with E-state index in [0.717, 1.165) is 28.8 Å². The van der Waals surface area contributed by atoms with Gasteiger partial charge in [0.15, 0.2) is 0 Å². The lowest BCUT2D eigenvalue weighted by molar-refractivity contribution is 0.292. The van der Waals surface area contributed by atoms with E-state index in [1.54, 1.807) is 6.07 Å². The molecule has 2 bridgehead atoms. The average molecular weight is 282 g/mol. The molecule has 16 heavy (non-hydrogen) atoms. The van der Waals surface area contributed by atoms with Crippen molar-refractivity contribution in [2.45, 2.75) is 32.2 Å². The van der Waals surface area contributed by atoms with E-state index >= 15 is 0 Å². The monoisotopic (exact) mass is 281 g/mol. The van der Waals surface area contributed by atoms with Crippen LogP contribution in [0.4, 0.5) is 0 Å². The van der Waals surface area contributed by atoms with Crippen molar-refractivity contribution in [1.29, 1.82) is 0 Å². The summed E-state index contributed by atoms with van der Waals surface area (Å²) in [5.41, 5.74) is 0.131. The molecule has 3 heteroatoms. The number of aromatic nitrogens is 1. The summed E-state index contributed by atoms with van der Waals surface area (Å²) in [7, 11) is 0. The highest BCUT2D eigenvalue weighted by Crippen LogP contribution is 2.48. The van der Waals surface area contributed by atoms with Crippen molar-refractivity contribution in [2.75, 3.05) is 0 Å². The van der Waals surface area contributed by atoms with E-state index < -0.39 is 0 Å². The smallest absolute Gasteiger partial charge is 0.250 e. The second-order valence-corrected chi connectivity index (χ2v) is 6.19. The molecule has 0 aliphatic heterocycles. The SMILES string of the molecule is O=c1ccc(Br)cn1CC1CC2CCC1C2. The highest BCUT2D eigenvalue weighted by Gasteiger charge is 2.39. The number of pyridine rings is 1. The van der Waals surface area contributed by atoms with Gasteiger partial charge in [-0.2, -0.15) is 0 Å². The summed E-state index contributed by atoms with van der Waals surface area (Å²) >= 11 is 3.43. The highest BCUT2D eigenvalue weighted by molar-refractivity contribution is 9.10. The lowest BCUT2D eigenvalue weighted by atomic mass is 9.89. The van der Waals surface area contributed by atoms with Crippen LogP contribution in [0.1, 0.15) is 25.7 Å². The van der Waals surface area contributed by atoms with E-state index in [9.17, 15) is 4.79 Å². The quantitative estimate of drug-likeness (QED) is 0.817. The Morgan fingerprint density at radius 1 is 1.31 bits per heavy atom. The van der Waals surface area contributed by atoms with E-state index in [2.05, 4.69) is 15.9 Å². The fraction of sp³-hybridized carbons (Fsp3) is 0.615. The molecule has 86 valence electrons. The molecule has 0 aromatic carbocycles. The Morgan fingerprint density at radius 3 is 2.88 bits per heavy atom. The van der Waals surface area contributed by atoms with Crippen LogP contribution in [0.5, 0.6) is 0 Å². The van der Waals surface area contributed by atoms with Gasteiger partial charge in [-0.25, -0.2) is 0 Å². The summed E-state index contributed by atoms with van der Waals surface area (Å²) in [6.07, 6.45) is 7.48. The first-order valence-corrected chi connectivity index (χ1v) is 6.87. The highest BCUT2D eigenvalue weighted by atomic mass is 79.9. The van der Waals surface area contributed by atoms with Crippen LogP contribution in [0.2, 0.25) is 0 Å². The minimum Gasteiger partial charge on any atom is -0.314 e. The number of nitrogens with zero attached hydrogens (tertiary/aromatic N) is 1. The maximum Gasteiger partial charge on any atom is 0.250 e. The summed E-state index contributed by atoms with van der Waals surface area (Å²) in [4.78, 5) is 11.7. The van der Waals surface area contributed by atoms with Gasteiger partial charge < -0.3 is 4.57 Å². The van der Waals surface area contributed by atoms with Crippen LogP contribution in [0.15, 0.2) is 27.6 Å². The van der Waals surface area contributed by atoms with Gasteiger partial charge in [0.25, 0.3) is 5.56 Å².